The molecule has 1 aliphatic rings. The third-order valence-electron chi connectivity index (χ3n) is 4.87. The predicted octanol–water partition coefficient (Wildman–Crippen LogP) is 3.87. The van der Waals surface area contributed by atoms with Gasteiger partial charge in [0.1, 0.15) is 12.1 Å². The fourth-order valence-electron chi connectivity index (χ4n) is 3.26. The summed E-state index contributed by atoms with van der Waals surface area (Å²) < 4.78 is 5.67. The van der Waals surface area contributed by atoms with Crippen LogP contribution in [0.25, 0.3) is 11.3 Å². The minimum absolute atomic E-state index is 0.164. The summed E-state index contributed by atoms with van der Waals surface area (Å²) in [5, 5.41) is 14.2. The molecule has 2 aromatic carbocycles. The van der Waals surface area contributed by atoms with Gasteiger partial charge in [-0.15, -0.1) is 0 Å². The molecule has 0 radical (unpaired) electrons. The van der Waals surface area contributed by atoms with Gasteiger partial charge in [-0.3, -0.25) is 19.8 Å². The number of nitro groups is 1. The number of hydrogen-bond acceptors (Lipinski definition) is 6. The Labute approximate surface area is 175 Å². The first-order valence-electron chi connectivity index (χ1n) is 8.87. The van der Waals surface area contributed by atoms with Gasteiger partial charge < -0.3 is 9.73 Å². The molecule has 1 atom stereocenters. The SMILES string of the molecule is CC1(c2cccc([N+](=O)[O-])c2)NC(=O)N(Cc2ncc(-c3cccc(Cl)c3)o2)C1=O. The van der Waals surface area contributed by atoms with E-state index >= 15 is 0 Å². The van der Waals surface area contributed by atoms with Gasteiger partial charge in [-0.25, -0.2) is 9.78 Å². The van der Waals surface area contributed by atoms with E-state index in [1.807, 2.05) is 0 Å². The second-order valence-electron chi connectivity index (χ2n) is 6.88. The van der Waals surface area contributed by atoms with E-state index in [2.05, 4.69) is 10.3 Å². The zero-order valence-electron chi connectivity index (χ0n) is 15.7. The van der Waals surface area contributed by atoms with E-state index in [9.17, 15) is 19.7 Å². The number of aromatic nitrogens is 1. The highest BCUT2D eigenvalue weighted by Crippen LogP contribution is 2.32. The summed E-state index contributed by atoms with van der Waals surface area (Å²) in [6, 6.07) is 12.0. The molecule has 1 unspecified atom stereocenters. The lowest BCUT2D eigenvalue weighted by molar-refractivity contribution is -0.385. The molecule has 1 fully saturated rings. The fourth-order valence-corrected chi connectivity index (χ4v) is 3.45. The minimum atomic E-state index is -1.44. The lowest BCUT2D eigenvalue weighted by Crippen LogP contribution is -2.40. The molecule has 0 aliphatic carbocycles. The summed E-state index contributed by atoms with van der Waals surface area (Å²) in [6.45, 7) is 1.31. The summed E-state index contributed by atoms with van der Waals surface area (Å²) in [4.78, 5) is 41.1. The lowest BCUT2D eigenvalue weighted by Gasteiger charge is -2.21. The average Bonchev–Trinajstić information content (AvgIpc) is 3.27. The number of carbonyl (C=O) groups is 2. The molecule has 0 spiro atoms. The van der Waals surface area contributed by atoms with Crippen molar-refractivity contribution >= 4 is 29.2 Å². The fraction of sp³-hybridized carbons (Fsp3) is 0.150. The molecule has 9 nitrogen and oxygen atoms in total. The number of urea groups is 1. The van der Waals surface area contributed by atoms with Gasteiger partial charge in [0.2, 0.25) is 5.89 Å². The highest BCUT2D eigenvalue weighted by atomic mass is 35.5. The molecule has 0 bridgehead atoms. The Morgan fingerprint density at radius 2 is 2.00 bits per heavy atom. The van der Waals surface area contributed by atoms with Crippen LogP contribution < -0.4 is 5.32 Å². The number of imide groups is 1. The number of non-ortho nitro benzene ring substituents is 1. The lowest BCUT2D eigenvalue weighted by atomic mass is 9.91. The van der Waals surface area contributed by atoms with Crippen LogP contribution in [0.1, 0.15) is 18.4 Å². The van der Waals surface area contributed by atoms with Crippen LogP contribution in [0, 0.1) is 10.1 Å². The Hall–Kier alpha value is -3.72. The summed E-state index contributed by atoms with van der Waals surface area (Å²) >= 11 is 5.99. The number of rotatable bonds is 5. The van der Waals surface area contributed by atoms with Crippen molar-refractivity contribution in [2.75, 3.05) is 0 Å². The molecular weight excluding hydrogens is 412 g/mol. The molecule has 10 heteroatoms. The molecule has 4 rings (SSSR count). The molecule has 1 saturated heterocycles. The number of amides is 3. The van der Waals surface area contributed by atoms with Crippen LogP contribution in [0.15, 0.2) is 59.1 Å². The number of nitrogens with one attached hydrogen (secondary N) is 1. The van der Waals surface area contributed by atoms with Gasteiger partial charge in [-0.1, -0.05) is 35.9 Å². The second kappa shape index (κ2) is 7.27. The van der Waals surface area contributed by atoms with E-state index < -0.39 is 22.4 Å². The van der Waals surface area contributed by atoms with Crippen molar-refractivity contribution < 1.29 is 18.9 Å². The molecule has 3 aromatic rings. The highest BCUT2D eigenvalue weighted by molar-refractivity contribution is 6.30. The minimum Gasteiger partial charge on any atom is -0.439 e. The van der Waals surface area contributed by atoms with E-state index in [1.54, 1.807) is 30.3 Å². The van der Waals surface area contributed by atoms with Crippen molar-refractivity contribution in [3.05, 3.63) is 81.3 Å². The average molecular weight is 427 g/mol. The van der Waals surface area contributed by atoms with Crippen molar-refractivity contribution in [1.82, 2.24) is 15.2 Å². The number of nitro benzene ring substituents is 1. The quantitative estimate of drug-likeness (QED) is 0.376. The topological polar surface area (TPSA) is 119 Å². The van der Waals surface area contributed by atoms with Crippen LogP contribution >= 0.6 is 11.6 Å². The summed E-state index contributed by atoms with van der Waals surface area (Å²) in [7, 11) is 0. The third-order valence-corrected chi connectivity index (χ3v) is 5.10. The summed E-state index contributed by atoms with van der Waals surface area (Å²) in [5.41, 5.74) is -0.594. The van der Waals surface area contributed by atoms with Crippen LogP contribution in [0.5, 0.6) is 0 Å². The monoisotopic (exact) mass is 426 g/mol. The zero-order chi connectivity index (χ0) is 21.5. The predicted molar refractivity (Wildman–Crippen MR) is 106 cm³/mol. The first-order chi connectivity index (χ1) is 14.3. The zero-order valence-corrected chi connectivity index (χ0v) is 16.4. The van der Waals surface area contributed by atoms with Crippen LogP contribution in [-0.4, -0.2) is 26.7 Å². The maximum absolute atomic E-state index is 13.0. The van der Waals surface area contributed by atoms with Gasteiger partial charge in [-0.2, -0.15) is 0 Å². The Bertz CT molecular complexity index is 1180. The highest BCUT2D eigenvalue weighted by Gasteiger charge is 2.49. The van der Waals surface area contributed by atoms with E-state index in [1.165, 1.54) is 31.3 Å². The van der Waals surface area contributed by atoms with Gasteiger partial charge >= 0.3 is 6.03 Å². The Balaban J connectivity index is 1.58. The van der Waals surface area contributed by atoms with Gasteiger partial charge in [0.05, 0.1) is 11.1 Å². The van der Waals surface area contributed by atoms with E-state index in [4.69, 9.17) is 16.0 Å². The molecule has 152 valence electrons. The molecular formula is C20H15ClN4O5. The van der Waals surface area contributed by atoms with Crippen molar-refractivity contribution in [3.63, 3.8) is 0 Å². The van der Waals surface area contributed by atoms with Crippen LogP contribution in [0.4, 0.5) is 10.5 Å². The molecule has 0 saturated carbocycles. The first-order valence-corrected chi connectivity index (χ1v) is 9.25. The van der Waals surface area contributed by atoms with Crippen LogP contribution in [0.3, 0.4) is 0 Å². The van der Waals surface area contributed by atoms with Gasteiger partial charge in [-0.05, 0) is 24.6 Å². The van der Waals surface area contributed by atoms with Crippen molar-refractivity contribution in [1.29, 1.82) is 0 Å². The number of nitrogens with zero attached hydrogens (tertiary/aromatic N) is 3. The smallest absolute Gasteiger partial charge is 0.325 e. The first kappa shape index (κ1) is 19.6. The van der Waals surface area contributed by atoms with E-state index in [-0.39, 0.29) is 18.1 Å². The summed E-state index contributed by atoms with van der Waals surface area (Å²) in [6.07, 6.45) is 1.49. The third kappa shape index (κ3) is 3.39. The molecule has 2 heterocycles. The van der Waals surface area contributed by atoms with Crippen LogP contribution in [-0.2, 0) is 16.9 Å². The number of benzene rings is 2. The van der Waals surface area contributed by atoms with Gasteiger partial charge in [0, 0.05) is 22.7 Å². The van der Waals surface area contributed by atoms with Crippen molar-refractivity contribution in [2.45, 2.75) is 19.0 Å². The standard InChI is InChI=1S/C20H15ClN4O5/c1-20(13-5-3-7-15(9-13)25(28)29)18(26)24(19(27)23-20)11-17-22-10-16(30-17)12-4-2-6-14(21)8-12/h2-10H,11H2,1H3,(H,23,27). The number of hydrogen-bond donors (Lipinski definition) is 1. The largest absolute Gasteiger partial charge is 0.439 e. The molecule has 1 aromatic heterocycles. The maximum atomic E-state index is 13.0. The van der Waals surface area contributed by atoms with Gasteiger partial charge in [0.15, 0.2) is 5.76 Å². The molecule has 1 N–H and O–H groups in total. The number of oxazole rings is 1. The number of carbonyl (C=O) groups excluding carboxylic acids is 2. The van der Waals surface area contributed by atoms with Crippen molar-refractivity contribution in [3.8, 4) is 11.3 Å². The summed E-state index contributed by atoms with van der Waals surface area (Å²) in [5.74, 6) is 0.0493. The Morgan fingerprint density at radius 1 is 1.23 bits per heavy atom. The molecule has 1 aliphatic heterocycles. The molecule has 30 heavy (non-hydrogen) atoms. The maximum Gasteiger partial charge on any atom is 0.325 e. The second-order valence-corrected chi connectivity index (χ2v) is 7.32. The van der Waals surface area contributed by atoms with E-state index in [0.29, 0.717) is 21.9 Å². The number of halogens is 1. The normalized spacial score (nSPS) is 18.5. The van der Waals surface area contributed by atoms with E-state index in [0.717, 1.165) is 4.90 Å². The Morgan fingerprint density at radius 3 is 2.73 bits per heavy atom. The molecule has 3 amide bonds. The van der Waals surface area contributed by atoms with Crippen LogP contribution in [0.2, 0.25) is 5.02 Å². The van der Waals surface area contributed by atoms with Gasteiger partial charge in [0.25, 0.3) is 11.6 Å². The van der Waals surface area contributed by atoms with Crippen molar-refractivity contribution in [2.24, 2.45) is 0 Å². The Kier molecular flexibility index (Phi) is 4.75.